The van der Waals surface area contributed by atoms with E-state index in [1.54, 1.807) is 29.0 Å². The van der Waals surface area contributed by atoms with Crippen LogP contribution in [-0.4, -0.2) is 55.3 Å². The van der Waals surface area contributed by atoms with Crippen molar-refractivity contribution >= 4 is 52.5 Å². The Kier molecular flexibility index (Phi) is 7.05. The molecule has 12 heteroatoms. The van der Waals surface area contributed by atoms with Gasteiger partial charge >= 0.3 is 0 Å². The maximum Gasteiger partial charge on any atom is 0.164 e. The molecule has 1 aromatic carbocycles. The smallest absolute Gasteiger partial charge is 0.164 e. The molecule has 30 heavy (non-hydrogen) atoms. The summed E-state index contributed by atoms with van der Waals surface area (Å²) in [6, 6.07) is 6.33. The fourth-order valence-electron chi connectivity index (χ4n) is 3.42. The standard InChI is InChI=1S/C18H18Cl2N4O5.ClH/c1-28-23-16-9-4-5-24(17(9)22-7-21-16)18-14(27)13(26)15(29-18)12(25)8-2-3-10(19)11(20)6-8;/h2-7,12-15,18,25-27H,1H3,(H,21,22,23);1H/t12?,13-,14+,15+,18+;/m0./s1. The second-order valence-electron chi connectivity index (χ2n) is 6.58. The maximum atomic E-state index is 10.7. The minimum Gasteiger partial charge on any atom is -0.387 e. The number of halogens is 3. The van der Waals surface area contributed by atoms with Crippen molar-refractivity contribution < 1.29 is 24.9 Å². The van der Waals surface area contributed by atoms with Gasteiger partial charge in [0.1, 0.15) is 36.4 Å². The third-order valence-electron chi connectivity index (χ3n) is 4.85. The number of aromatic nitrogens is 3. The molecular weight excluding hydrogens is 459 g/mol. The first-order valence-electron chi connectivity index (χ1n) is 8.67. The highest BCUT2D eigenvalue weighted by molar-refractivity contribution is 6.42. The van der Waals surface area contributed by atoms with E-state index in [9.17, 15) is 15.3 Å². The van der Waals surface area contributed by atoms with Crippen molar-refractivity contribution in [3.8, 4) is 0 Å². The highest BCUT2D eigenvalue weighted by atomic mass is 35.5. The summed E-state index contributed by atoms with van der Waals surface area (Å²) in [5, 5.41) is 33.1. The summed E-state index contributed by atoms with van der Waals surface area (Å²) in [6.45, 7) is 0. The summed E-state index contributed by atoms with van der Waals surface area (Å²) in [4.78, 5) is 13.2. The van der Waals surface area contributed by atoms with E-state index in [4.69, 9.17) is 32.8 Å². The molecule has 0 spiro atoms. The SMILES string of the molecule is CONc1ncnc2c1ccn2[C@@H]1O[C@H](C(O)c2ccc(Cl)c(Cl)c2)[C@@H](O)[C@H]1O.Cl. The van der Waals surface area contributed by atoms with Crippen molar-refractivity contribution in [2.75, 3.05) is 12.6 Å². The van der Waals surface area contributed by atoms with Crippen molar-refractivity contribution in [3.05, 3.63) is 52.4 Å². The van der Waals surface area contributed by atoms with Crippen LogP contribution in [0.3, 0.4) is 0 Å². The van der Waals surface area contributed by atoms with Crippen molar-refractivity contribution in [3.63, 3.8) is 0 Å². The molecule has 4 N–H and O–H groups in total. The average molecular weight is 478 g/mol. The number of nitrogens with one attached hydrogen (secondary N) is 1. The number of rotatable bonds is 5. The fraction of sp³-hybridized carbons (Fsp3) is 0.333. The quantitative estimate of drug-likeness (QED) is 0.414. The van der Waals surface area contributed by atoms with Gasteiger partial charge in [-0.3, -0.25) is 4.84 Å². The summed E-state index contributed by atoms with van der Waals surface area (Å²) in [5.74, 6) is 0.441. The van der Waals surface area contributed by atoms with Gasteiger partial charge in [-0.15, -0.1) is 12.4 Å². The van der Waals surface area contributed by atoms with Gasteiger partial charge in [0.05, 0.1) is 22.5 Å². The monoisotopic (exact) mass is 476 g/mol. The van der Waals surface area contributed by atoms with Gasteiger partial charge in [-0.1, -0.05) is 29.3 Å². The van der Waals surface area contributed by atoms with E-state index >= 15 is 0 Å². The molecule has 0 radical (unpaired) electrons. The topological polar surface area (TPSA) is 122 Å². The first-order chi connectivity index (χ1) is 13.9. The van der Waals surface area contributed by atoms with Crippen LogP contribution in [0, 0.1) is 0 Å². The van der Waals surface area contributed by atoms with Gasteiger partial charge in [0.15, 0.2) is 12.0 Å². The van der Waals surface area contributed by atoms with Gasteiger partial charge in [0.25, 0.3) is 0 Å². The number of benzene rings is 1. The van der Waals surface area contributed by atoms with Gasteiger partial charge in [-0.2, -0.15) is 0 Å². The van der Waals surface area contributed by atoms with Gasteiger partial charge in [0.2, 0.25) is 0 Å². The number of hydrogen-bond donors (Lipinski definition) is 4. The molecule has 1 fully saturated rings. The second-order valence-corrected chi connectivity index (χ2v) is 7.39. The molecule has 1 saturated heterocycles. The minimum absolute atomic E-state index is 0. The molecular formula is C18H19Cl3N4O5. The summed E-state index contributed by atoms with van der Waals surface area (Å²) >= 11 is 11.9. The van der Waals surface area contributed by atoms with E-state index in [1.165, 1.54) is 19.5 Å². The molecule has 9 nitrogen and oxygen atoms in total. The Balaban J connectivity index is 0.00000256. The molecule has 5 atom stereocenters. The Labute approximate surface area is 187 Å². The van der Waals surface area contributed by atoms with E-state index in [1.807, 2.05) is 0 Å². The molecule has 2 aromatic heterocycles. The molecule has 0 bridgehead atoms. The first-order valence-corrected chi connectivity index (χ1v) is 9.43. The Hall–Kier alpha value is -1.69. The highest BCUT2D eigenvalue weighted by Crippen LogP contribution is 2.38. The fourth-order valence-corrected chi connectivity index (χ4v) is 3.72. The molecule has 0 amide bonds. The lowest BCUT2D eigenvalue weighted by Gasteiger charge is -2.21. The minimum atomic E-state index is -1.35. The van der Waals surface area contributed by atoms with Crippen LogP contribution in [0.25, 0.3) is 11.0 Å². The van der Waals surface area contributed by atoms with Gasteiger partial charge in [-0.05, 0) is 23.8 Å². The van der Waals surface area contributed by atoms with E-state index in [2.05, 4.69) is 15.4 Å². The Bertz CT molecular complexity index is 1040. The van der Waals surface area contributed by atoms with Gasteiger partial charge < -0.3 is 24.6 Å². The molecule has 1 aliphatic heterocycles. The predicted molar refractivity (Wildman–Crippen MR) is 113 cm³/mol. The number of hydrogen-bond acceptors (Lipinski definition) is 8. The molecule has 0 saturated carbocycles. The van der Waals surface area contributed by atoms with Crippen LogP contribution in [0.1, 0.15) is 17.9 Å². The largest absolute Gasteiger partial charge is 0.387 e. The lowest BCUT2D eigenvalue weighted by molar-refractivity contribution is -0.0848. The molecule has 4 rings (SSSR count). The molecule has 1 aliphatic rings. The van der Waals surface area contributed by atoms with Crippen LogP contribution in [0.4, 0.5) is 5.82 Å². The van der Waals surface area contributed by atoms with Crippen LogP contribution in [0.5, 0.6) is 0 Å². The number of fused-ring (bicyclic) bond motifs is 1. The Morgan fingerprint density at radius 3 is 2.63 bits per heavy atom. The van der Waals surface area contributed by atoms with Crippen LogP contribution >= 0.6 is 35.6 Å². The average Bonchev–Trinajstić information content (AvgIpc) is 3.26. The molecule has 3 heterocycles. The van der Waals surface area contributed by atoms with Gasteiger partial charge in [0, 0.05) is 6.20 Å². The molecule has 1 unspecified atom stereocenters. The number of ether oxygens (including phenoxy) is 1. The van der Waals surface area contributed by atoms with Crippen molar-refractivity contribution in [2.24, 2.45) is 0 Å². The normalized spacial score (nSPS) is 24.6. The van der Waals surface area contributed by atoms with E-state index in [0.717, 1.165) is 0 Å². The van der Waals surface area contributed by atoms with Crippen molar-refractivity contribution in [1.29, 1.82) is 0 Å². The molecule has 0 aliphatic carbocycles. The number of anilines is 1. The first kappa shape index (κ1) is 23.0. The zero-order chi connectivity index (χ0) is 20.7. The van der Waals surface area contributed by atoms with Gasteiger partial charge in [-0.25, -0.2) is 15.4 Å². The Morgan fingerprint density at radius 1 is 1.17 bits per heavy atom. The number of aliphatic hydroxyl groups excluding tert-OH is 3. The van der Waals surface area contributed by atoms with E-state index < -0.39 is 30.6 Å². The lowest BCUT2D eigenvalue weighted by Crippen LogP contribution is -2.34. The lowest BCUT2D eigenvalue weighted by atomic mass is 9.99. The summed E-state index contributed by atoms with van der Waals surface area (Å²) in [6.07, 6.45) is -2.98. The van der Waals surface area contributed by atoms with E-state index in [-0.39, 0.29) is 17.4 Å². The predicted octanol–water partition coefficient (Wildman–Crippen LogP) is 2.49. The summed E-state index contributed by atoms with van der Waals surface area (Å²) in [5.41, 5.74) is 3.52. The highest BCUT2D eigenvalue weighted by Gasteiger charge is 2.47. The molecule has 162 valence electrons. The maximum absolute atomic E-state index is 10.7. The third kappa shape index (κ3) is 3.95. The van der Waals surface area contributed by atoms with Crippen LogP contribution in [-0.2, 0) is 9.57 Å². The third-order valence-corrected chi connectivity index (χ3v) is 5.59. The number of aliphatic hydroxyl groups is 3. The second kappa shape index (κ2) is 9.21. The van der Waals surface area contributed by atoms with Crippen molar-refractivity contribution in [2.45, 2.75) is 30.6 Å². The van der Waals surface area contributed by atoms with E-state index in [0.29, 0.717) is 27.4 Å². The Morgan fingerprint density at radius 2 is 1.93 bits per heavy atom. The zero-order valence-corrected chi connectivity index (χ0v) is 17.8. The zero-order valence-electron chi connectivity index (χ0n) is 15.5. The van der Waals surface area contributed by atoms with Crippen LogP contribution in [0.15, 0.2) is 36.8 Å². The summed E-state index contributed by atoms with van der Waals surface area (Å²) in [7, 11) is 1.46. The van der Waals surface area contributed by atoms with Crippen LogP contribution < -0.4 is 5.48 Å². The molecule has 3 aromatic rings. The number of nitrogens with zero attached hydrogens (tertiary/aromatic N) is 3. The van der Waals surface area contributed by atoms with Crippen molar-refractivity contribution in [1.82, 2.24) is 14.5 Å². The summed E-state index contributed by atoms with van der Waals surface area (Å²) < 4.78 is 7.41. The van der Waals surface area contributed by atoms with Crippen LogP contribution in [0.2, 0.25) is 10.0 Å².